The minimum absolute atomic E-state index is 0.141. The number of esters is 1. The molecule has 0 aromatic carbocycles. The van der Waals surface area contributed by atoms with Crippen LogP contribution in [0, 0.1) is 13.8 Å². The van der Waals surface area contributed by atoms with Crippen LogP contribution in [-0.4, -0.2) is 17.6 Å². The maximum atomic E-state index is 11.6. The van der Waals surface area contributed by atoms with E-state index in [-0.39, 0.29) is 5.76 Å². The van der Waals surface area contributed by atoms with E-state index >= 15 is 0 Å². The number of ether oxygens (including phenoxy) is 1. The van der Waals surface area contributed by atoms with Gasteiger partial charge in [0.2, 0.25) is 11.7 Å². The first-order valence-corrected chi connectivity index (χ1v) is 5.32. The van der Waals surface area contributed by atoms with Gasteiger partial charge in [0, 0.05) is 0 Å². The molecule has 0 fully saturated rings. The highest BCUT2D eigenvalue weighted by Gasteiger charge is 2.20. The quantitative estimate of drug-likeness (QED) is 0.765. The molecule has 0 bridgehead atoms. The van der Waals surface area contributed by atoms with Gasteiger partial charge in [0.25, 0.3) is 0 Å². The Balaban J connectivity index is 2.37. The second-order valence-electron chi connectivity index (χ2n) is 3.54. The van der Waals surface area contributed by atoms with Crippen LogP contribution in [0.5, 0.6) is 0 Å². The number of furan rings is 1. The summed E-state index contributed by atoms with van der Waals surface area (Å²) in [4.78, 5) is 15.7. The van der Waals surface area contributed by atoms with E-state index in [1.54, 1.807) is 33.1 Å². The van der Waals surface area contributed by atoms with Gasteiger partial charge in [-0.2, -0.15) is 0 Å². The SMILES string of the molecule is CCOC(=O)c1oc(-c2ccoc2C)nc1C. The first kappa shape index (κ1) is 11.4. The number of aromatic nitrogens is 1. The van der Waals surface area contributed by atoms with Gasteiger partial charge in [-0.1, -0.05) is 0 Å². The number of carbonyl (C=O) groups excluding carboxylic acids is 1. The Morgan fingerprint density at radius 1 is 1.47 bits per heavy atom. The molecule has 0 radical (unpaired) electrons. The van der Waals surface area contributed by atoms with Crippen molar-refractivity contribution < 1.29 is 18.4 Å². The van der Waals surface area contributed by atoms with Crippen LogP contribution in [0.2, 0.25) is 0 Å². The lowest BCUT2D eigenvalue weighted by molar-refractivity contribution is 0.0490. The third-order valence-electron chi connectivity index (χ3n) is 2.35. The molecule has 0 amide bonds. The van der Waals surface area contributed by atoms with E-state index in [1.807, 2.05) is 0 Å². The van der Waals surface area contributed by atoms with Gasteiger partial charge in [-0.15, -0.1) is 0 Å². The standard InChI is InChI=1S/C12H13NO4/c1-4-15-12(14)10-7(2)13-11(17-10)9-5-6-16-8(9)3/h5-6H,4H2,1-3H3. The summed E-state index contributed by atoms with van der Waals surface area (Å²) < 4.78 is 15.4. The van der Waals surface area contributed by atoms with Gasteiger partial charge < -0.3 is 13.6 Å². The average molecular weight is 235 g/mol. The van der Waals surface area contributed by atoms with Gasteiger partial charge in [-0.3, -0.25) is 0 Å². The van der Waals surface area contributed by atoms with Crippen molar-refractivity contribution in [3.8, 4) is 11.5 Å². The minimum atomic E-state index is -0.495. The Morgan fingerprint density at radius 3 is 2.82 bits per heavy atom. The highest BCUT2D eigenvalue weighted by Crippen LogP contribution is 2.25. The molecule has 17 heavy (non-hydrogen) atoms. The van der Waals surface area contributed by atoms with E-state index in [0.29, 0.717) is 24.0 Å². The maximum absolute atomic E-state index is 11.6. The Hall–Kier alpha value is -2.04. The van der Waals surface area contributed by atoms with Crippen LogP contribution in [0.4, 0.5) is 0 Å². The summed E-state index contributed by atoms with van der Waals surface area (Å²) in [5.74, 6) is 0.714. The van der Waals surface area contributed by atoms with Crippen molar-refractivity contribution >= 4 is 5.97 Å². The number of carbonyl (C=O) groups is 1. The van der Waals surface area contributed by atoms with Gasteiger partial charge in [-0.05, 0) is 26.8 Å². The summed E-state index contributed by atoms with van der Waals surface area (Å²) in [6, 6.07) is 1.75. The van der Waals surface area contributed by atoms with Gasteiger partial charge >= 0.3 is 5.97 Å². The number of hydrogen-bond acceptors (Lipinski definition) is 5. The highest BCUT2D eigenvalue weighted by atomic mass is 16.5. The molecule has 0 unspecified atom stereocenters. The summed E-state index contributed by atoms with van der Waals surface area (Å²) in [6.45, 7) is 5.55. The van der Waals surface area contributed by atoms with Crippen LogP contribution >= 0.6 is 0 Å². The molecule has 2 aromatic heterocycles. The maximum Gasteiger partial charge on any atom is 0.376 e. The fourth-order valence-electron chi connectivity index (χ4n) is 1.50. The van der Waals surface area contributed by atoms with E-state index in [0.717, 1.165) is 5.56 Å². The Kier molecular flexibility index (Phi) is 2.99. The molecule has 5 nitrogen and oxygen atoms in total. The minimum Gasteiger partial charge on any atom is -0.469 e. The number of nitrogens with zero attached hydrogens (tertiary/aromatic N) is 1. The first-order valence-electron chi connectivity index (χ1n) is 5.32. The summed E-state index contributed by atoms with van der Waals surface area (Å²) in [6.07, 6.45) is 1.55. The summed E-state index contributed by atoms with van der Waals surface area (Å²) in [7, 11) is 0. The third kappa shape index (κ3) is 2.08. The van der Waals surface area contributed by atoms with Crippen LogP contribution in [0.3, 0.4) is 0 Å². The summed E-state index contributed by atoms with van der Waals surface area (Å²) >= 11 is 0. The number of aryl methyl sites for hydroxylation is 2. The molecule has 0 N–H and O–H groups in total. The van der Waals surface area contributed by atoms with Crippen LogP contribution in [0.1, 0.15) is 28.9 Å². The Labute approximate surface area is 98.4 Å². The molecule has 0 atom stereocenters. The lowest BCUT2D eigenvalue weighted by Gasteiger charge is -1.97. The fraction of sp³-hybridized carbons (Fsp3) is 0.333. The third-order valence-corrected chi connectivity index (χ3v) is 2.35. The van der Waals surface area contributed by atoms with Crippen molar-refractivity contribution in [2.24, 2.45) is 0 Å². The molecule has 0 saturated heterocycles. The van der Waals surface area contributed by atoms with E-state index in [9.17, 15) is 4.79 Å². The first-order chi connectivity index (χ1) is 8.13. The zero-order valence-electron chi connectivity index (χ0n) is 9.94. The van der Waals surface area contributed by atoms with Gasteiger partial charge in [0.1, 0.15) is 5.76 Å². The fourth-order valence-corrected chi connectivity index (χ4v) is 1.50. The molecule has 0 aliphatic heterocycles. The van der Waals surface area contributed by atoms with Gasteiger partial charge in [0.05, 0.1) is 24.1 Å². The Morgan fingerprint density at radius 2 is 2.24 bits per heavy atom. The largest absolute Gasteiger partial charge is 0.469 e. The number of hydrogen-bond donors (Lipinski definition) is 0. The average Bonchev–Trinajstić information content (AvgIpc) is 2.84. The van der Waals surface area contributed by atoms with E-state index in [4.69, 9.17) is 13.6 Å². The van der Waals surface area contributed by atoms with Crippen molar-refractivity contribution in [2.45, 2.75) is 20.8 Å². The summed E-state index contributed by atoms with van der Waals surface area (Å²) in [5, 5.41) is 0. The van der Waals surface area contributed by atoms with Crippen molar-refractivity contribution in [3.05, 3.63) is 29.5 Å². The second-order valence-corrected chi connectivity index (χ2v) is 3.54. The smallest absolute Gasteiger partial charge is 0.376 e. The van der Waals surface area contributed by atoms with Crippen molar-refractivity contribution in [2.75, 3.05) is 6.61 Å². The second kappa shape index (κ2) is 4.45. The van der Waals surface area contributed by atoms with Crippen LogP contribution in [0.25, 0.3) is 11.5 Å². The Bertz CT molecular complexity index is 538. The van der Waals surface area contributed by atoms with E-state index in [2.05, 4.69) is 4.98 Å². The topological polar surface area (TPSA) is 65.5 Å². The predicted octanol–water partition coefficient (Wildman–Crippen LogP) is 2.73. The molecule has 0 saturated carbocycles. The van der Waals surface area contributed by atoms with E-state index in [1.165, 1.54) is 0 Å². The van der Waals surface area contributed by atoms with Crippen molar-refractivity contribution in [1.82, 2.24) is 4.98 Å². The van der Waals surface area contributed by atoms with Gasteiger partial charge in [0.15, 0.2) is 0 Å². The van der Waals surface area contributed by atoms with Gasteiger partial charge in [-0.25, -0.2) is 9.78 Å². The van der Waals surface area contributed by atoms with Crippen LogP contribution < -0.4 is 0 Å². The molecule has 0 spiro atoms. The molecule has 2 aromatic rings. The molecule has 2 heterocycles. The lowest BCUT2D eigenvalue weighted by Crippen LogP contribution is -2.04. The van der Waals surface area contributed by atoms with Crippen LogP contribution in [-0.2, 0) is 4.74 Å². The molecule has 90 valence electrons. The molecular formula is C12H13NO4. The molecule has 2 rings (SSSR count). The molecule has 0 aliphatic rings. The van der Waals surface area contributed by atoms with Crippen molar-refractivity contribution in [3.63, 3.8) is 0 Å². The molecular weight excluding hydrogens is 222 g/mol. The monoisotopic (exact) mass is 235 g/mol. The van der Waals surface area contributed by atoms with E-state index < -0.39 is 5.97 Å². The normalized spacial score (nSPS) is 10.5. The lowest BCUT2D eigenvalue weighted by atomic mass is 10.3. The molecule has 0 aliphatic carbocycles. The molecule has 5 heteroatoms. The zero-order chi connectivity index (χ0) is 12.4. The van der Waals surface area contributed by atoms with Crippen LogP contribution in [0.15, 0.2) is 21.2 Å². The number of oxazole rings is 1. The predicted molar refractivity (Wildman–Crippen MR) is 59.6 cm³/mol. The van der Waals surface area contributed by atoms with Crippen molar-refractivity contribution in [1.29, 1.82) is 0 Å². The summed E-state index contributed by atoms with van der Waals surface area (Å²) in [5.41, 5.74) is 1.25. The zero-order valence-corrected chi connectivity index (χ0v) is 9.94. The number of rotatable bonds is 3. The highest BCUT2D eigenvalue weighted by molar-refractivity contribution is 5.87.